The molecule has 3 heterocycles. The van der Waals surface area contributed by atoms with Gasteiger partial charge in [-0.15, -0.1) is 0 Å². The number of nitrogens with zero attached hydrogens (tertiary/aromatic N) is 1. The number of hydrogen-bond acceptors (Lipinski definition) is 4. The van der Waals surface area contributed by atoms with E-state index in [0.717, 1.165) is 12.1 Å². The van der Waals surface area contributed by atoms with Crippen molar-refractivity contribution in [3.8, 4) is 0 Å². The summed E-state index contributed by atoms with van der Waals surface area (Å²) in [7, 11) is 0. The average Bonchev–Trinajstić information content (AvgIpc) is 3.37. The highest BCUT2D eigenvalue weighted by molar-refractivity contribution is 6.36. The molecule has 2 aromatic carbocycles. The van der Waals surface area contributed by atoms with Gasteiger partial charge in [0.2, 0.25) is 23.3 Å². The van der Waals surface area contributed by atoms with Gasteiger partial charge in [0.05, 0.1) is 22.0 Å². The van der Waals surface area contributed by atoms with Gasteiger partial charge in [-0.1, -0.05) is 29.8 Å². The van der Waals surface area contributed by atoms with Gasteiger partial charge in [-0.05, 0) is 24.3 Å². The van der Waals surface area contributed by atoms with Crippen LogP contribution in [-0.4, -0.2) is 29.7 Å². The third-order valence-corrected chi connectivity index (χ3v) is 7.33. The van der Waals surface area contributed by atoms with Gasteiger partial charge >= 0.3 is 6.18 Å². The Morgan fingerprint density at radius 3 is 2.54 bits per heavy atom. The zero-order chi connectivity index (χ0) is 25.3. The van der Waals surface area contributed by atoms with Crippen molar-refractivity contribution < 1.29 is 37.7 Å². The first-order valence-electron chi connectivity index (χ1n) is 10.8. The maximum Gasteiger partial charge on any atom is 0.416 e. The topological polar surface area (TPSA) is 126 Å². The van der Waals surface area contributed by atoms with Crippen LogP contribution in [0.25, 0.3) is 0 Å². The number of rotatable bonds is 4. The van der Waals surface area contributed by atoms with Crippen molar-refractivity contribution in [1.29, 1.82) is 0 Å². The minimum Gasteiger partial charge on any atom is -0.370 e. The fraction of sp³-hybridized carbons (Fsp3) is 0.304. The lowest BCUT2D eigenvalue weighted by atomic mass is 9.76. The van der Waals surface area contributed by atoms with Crippen LogP contribution in [0.1, 0.15) is 24.0 Å². The number of para-hydroxylation sites is 1. The molecule has 2 saturated heterocycles. The van der Waals surface area contributed by atoms with Gasteiger partial charge in [0.15, 0.2) is 0 Å². The number of primary amides is 1. The van der Waals surface area contributed by atoms with Crippen LogP contribution in [-0.2, 0) is 30.9 Å². The number of alkyl halides is 3. The summed E-state index contributed by atoms with van der Waals surface area (Å²) in [6.07, 6.45) is -4.74. The normalized spacial score (nSPS) is 27.4. The molecule has 3 aliphatic heterocycles. The Morgan fingerprint density at radius 1 is 1.14 bits per heavy atom. The quantitative estimate of drug-likeness (QED) is 0.542. The molecule has 35 heavy (non-hydrogen) atoms. The molecule has 0 aliphatic carbocycles. The van der Waals surface area contributed by atoms with E-state index in [1.54, 1.807) is 29.6 Å². The molecule has 5 N–H and O–H groups in total. The third kappa shape index (κ3) is 3.33. The molecular formula is C23H19ClF3N4O4+. The Bertz CT molecular complexity index is 1300. The molecule has 5 rings (SSSR count). The second-order valence-corrected chi connectivity index (χ2v) is 9.29. The summed E-state index contributed by atoms with van der Waals surface area (Å²) in [4.78, 5) is 52.9. The number of quaternary nitrogens is 1. The van der Waals surface area contributed by atoms with E-state index in [-0.39, 0.29) is 17.9 Å². The van der Waals surface area contributed by atoms with E-state index in [1.165, 1.54) is 0 Å². The first-order chi connectivity index (χ1) is 16.5. The standard InChI is InChI=1S/C23H18ClF3N4O4/c24-12-6-5-10(23(25,26)27)9-15(12)31-19(33)17-14(7-8-16(28)32)30-22(18(17)20(31)34)11-3-1-2-4-13(11)29-21(22)35/h1-6,9,14,17-18,30H,7-8H2,(H2,28,32)(H,29,35)/p+1/t14?,17?,18?,22-/m1/s1. The van der Waals surface area contributed by atoms with E-state index in [0.29, 0.717) is 22.2 Å². The Kier molecular flexibility index (Phi) is 5.19. The maximum atomic E-state index is 13.8. The molecule has 2 fully saturated rings. The summed E-state index contributed by atoms with van der Waals surface area (Å²) in [5.41, 5.74) is 3.24. The summed E-state index contributed by atoms with van der Waals surface area (Å²) in [5, 5.41) is 4.14. The van der Waals surface area contributed by atoms with Crippen LogP contribution in [0.2, 0.25) is 5.02 Å². The molecule has 12 heteroatoms. The monoisotopic (exact) mass is 507 g/mol. The van der Waals surface area contributed by atoms with E-state index in [9.17, 15) is 32.3 Å². The minimum absolute atomic E-state index is 0.0941. The molecule has 0 saturated carbocycles. The van der Waals surface area contributed by atoms with Crippen LogP contribution in [0.4, 0.5) is 24.5 Å². The largest absolute Gasteiger partial charge is 0.416 e. The highest BCUT2D eigenvalue weighted by atomic mass is 35.5. The van der Waals surface area contributed by atoms with E-state index in [4.69, 9.17) is 17.3 Å². The molecule has 0 aromatic heterocycles. The summed E-state index contributed by atoms with van der Waals surface area (Å²) in [6.45, 7) is 0. The Balaban J connectivity index is 1.65. The number of amides is 4. The zero-order valence-electron chi connectivity index (χ0n) is 17.9. The Hall–Kier alpha value is -3.44. The van der Waals surface area contributed by atoms with E-state index < -0.39 is 64.5 Å². The van der Waals surface area contributed by atoms with Crippen LogP contribution in [0.3, 0.4) is 0 Å². The van der Waals surface area contributed by atoms with E-state index >= 15 is 0 Å². The summed E-state index contributed by atoms with van der Waals surface area (Å²) >= 11 is 6.15. The summed E-state index contributed by atoms with van der Waals surface area (Å²) < 4.78 is 40.1. The van der Waals surface area contributed by atoms with Gasteiger partial charge in [0, 0.05) is 18.4 Å². The number of fused-ring (bicyclic) bond motifs is 4. The third-order valence-electron chi connectivity index (χ3n) is 7.01. The molecule has 182 valence electrons. The van der Waals surface area contributed by atoms with Crippen molar-refractivity contribution in [3.63, 3.8) is 0 Å². The molecule has 0 radical (unpaired) electrons. The zero-order valence-corrected chi connectivity index (χ0v) is 18.7. The molecule has 1 spiro atoms. The number of hydrogen-bond donors (Lipinski definition) is 3. The summed E-state index contributed by atoms with van der Waals surface area (Å²) in [6, 6.07) is 8.38. The predicted molar refractivity (Wildman–Crippen MR) is 117 cm³/mol. The molecule has 8 nitrogen and oxygen atoms in total. The van der Waals surface area contributed by atoms with Crippen LogP contribution in [0.5, 0.6) is 0 Å². The smallest absolute Gasteiger partial charge is 0.370 e. The number of nitrogens with one attached hydrogen (secondary N) is 1. The van der Waals surface area contributed by atoms with Gasteiger partial charge in [-0.2, -0.15) is 13.2 Å². The lowest BCUT2D eigenvalue weighted by molar-refractivity contribution is -0.733. The molecule has 0 bridgehead atoms. The van der Waals surface area contributed by atoms with Crippen molar-refractivity contribution >= 4 is 46.6 Å². The average molecular weight is 508 g/mol. The van der Waals surface area contributed by atoms with Crippen molar-refractivity contribution in [1.82, 2.24) is 0 Å². The Labute approximate surface area is 201 Å². The van der Waals surface area contributed by atoms with Gasteiger partial charge in [-0.3, -0.25) is 19.2 Å². The van der Waals surface area contributed by atoms with Crippen molar-refractivity contribution in [2.45, 2.75) is 30.6 Å². The van der Waals surface area contributed by atoms with Crippen LogP contribution in [0, 0.1) is 11.8 Å². The molecule has 3 aliphatic rings. The molecule has 3 unspecified atom stereocenters. The lowest BCUT2D eigenvalue weighted by Crippen LogP contribution is -2.99. The van der Waals surface area contributed by atoms with Gasteiger partial charge in [-0.25, -0.2) is 4.90 Å². The van der Waals surface area contributed by atoms with Crippen LogP contribution >= 0.6 is 11.6 Å². The number of imide groups is 1. The summed E-state index contributed by atoms with van der Waals surface area (Å²) in [5.74, 6) is -5.05. The van der Waals surface area contributed by atoms with Gasteiger partial charge < -0.3 is 16.4 Å². The second kappa shape index (κ2) is 7.79. The fourth-order valence-corrected chi connectivity index (χ4v) is 5.79. The fourth-order valence-electron chi connectivity index (χ4n) is 5.59. The first kappa shape index (κ1) is 23.3. The first-order valence-corrected chi connectivity index (χ1v) is 11.1. The highest BCUT2D eigenvalue weighted by Crippen LogP contribution is 2.51. The number of anilines is 2. The SMILES string of the molecule is NC(=O)CCC1[NH2+][C@@]2(C(=O)Nc3ccccc32)C2C(=O)N(c3cc(C(F)(F)F)ccc3Cl)C(=O)C12. The highest BCUT2D eigenvalue weighted by Gasteiger charge is 2.74. The number of nitrogens with two attached hydrogens (primary N) is 2. The predicted octanol–water partition coefficient (Wildman–Crippen LogP) is 1.52. The van der Waals surface area contributed by atoms with Crippen molar-refractivity contribution in [2.75, 3.05) is 10.2 Å². The number of carbonyl (C=O) groups is 4. The van der Waals surface area contributed by atoms with Gasteiger partial charge in [0.1, 0.15) is 17.9 Å². The van der Waals surface area contributed by atoms with Crippen molar-refractivity contribution in [3.05, 3.63) is 58.6 Å². The van der Waals surface area contributed by atoms with Crippen LogP contribution < -0.4 is 21.3 Å². The van der Waals surface area contributed by atoms with Gasteiger partial charge in [0.25, 0.3) is 5.91 Å². The molecular weight excluding hydrogens is 489 g/mol. The molecule has 2 aromatic rings. The molecule has 4 atom stereocenters. The second-order valence-electron chi connectivity index (χ2n) is 8.88. The van der Waals surface area contributed by atoms with E-state index in [1.807, 2.05) is 0 Å². The minimum atomic E-state index is -4.73. The number of benzene rings is 2. The van der Waals surface area contributed by atoms with Crippen molar-refractivity contribution in [2.24, 2.45) is 17.6 Å². The maximum absolute atomic E-state index is 13.8. The number of carbonyl (C=O) groups excluding carboxylic acids is 4. The van der Waals surface area contributed by atoms with E-state index in [2.05, 4.69) is 5.32 Å². The molecule has 4 amide bonds. The Morgan fingerprint density at radius 2 is 1.86 bits per heavy atom. The van der Waals surface area contributed by atoms with Crippen LogP contribution in [0.15, 0.2) is 42.5 Å². The lowest BCUT2D eigenvalue weighted by Gasteiger charge is -2.27. The number of halogens is 4.